The molecule has 366 valence electrons. The summed E-state index contributed by atoms with van der Waals surface area (Å²) in [5.41, 5.74) is 4.31. The third kappa shape index (κ3) is 8.10. The number of benzene rings is 3. The van der Waals surface area contributed by atoms with Gasteiger partial charge < -0.3 is 34.8 Å². The van der Waals surface area contributed by atoms with Gasteiger partial charge in [-0.05, 0) is 117 Å². The molecule has 2 unspecified atom stereocenters. The number of hydrogen-bond donors (Lipinski definition) is 3. The third-order valence-corrected chi connectivity index (χ3v) is 17.3. The highest BCUT2D eigenvalue weighted by Crippen LogP contribution is 2.54. The lowest BCUT2D eigenvalue weighted by molar-refractivity contribution is -0.136. The Balaban J connectivity index is 0.639. The topological polar surface area (TPSA) is 160 Å². The number of piperazine rings is 2. The number of piperidine rings is 1. The molecule has 3 N–H and O–H groups in total. The molecule has 8 heterocycles. The van der Waals surface area contributed by atoms with Gasteiger partial charge in [0, 0.05) is 123 Å². The molecule has 1 spiro atoms. The van der Waals surface area contributed by atoms with Gasteiger partial charge in [-0.2, -0.15) is 9.97 Å². The first-order valence-electron chi connectivity index (χ1n) is 25.7. The Hall–Kier alpha value is -6.41. The molecule has 6 aliphatic heterocycles. The number of halogens is 1. The molecule has 2 bridgehead atoms. The van der Waals surface area contributed by atoms with Crippen LogP contribution in [0.25, 0.3) is 32.9 Å². The minimum atomic E-state index is -0.605. The first kappa shape index (κ1) is 44.5. The normalized spacial score (nSPS) is 27.1. The third-order valence-electron chi connectivity index (χ3n) is 17.3. The Morgan fingerprint density at radius 1 is 0.901 bits per heavy atom. The van der Waals surface area contributed by atoms with E-state index in [-0.39, 0.29) is 52.5 Å². The summed E-state index contributed by atoms with van der Waals surface area (Å²) in [6, 6.07) is 14.9. The number of likely N-dealkylation sites (tertiary alicyclic amines) is 1. The number of fused-ring (bicyclic) bond motifs is 5. The number of amides is 3. The highest BCUT2D eigenvalue weighted by molar-refractivity contribution is 6.06. The van der Waals surface area contributed by atoms with E-state index in [4.69, 9.17) is 21.1 Å². The largest absolute Gasteiger partial charge is 0.508 e. The molecule has 3 amide bonds. The molecule has 2 aliphatic carbocycles. The molecule has 13 rings (SSSR count). The van der Waals surface area contributed by atoms with Crippen LogP contribution in [-0.2, 0) is 16.1 Å². The van der Waals surface area contributed by atoms with Crippen LogP contribution < -0.4 is 25.2 Å². The Labute approximate surface area is 412 Å². The number of terminal acetylenes is 1. The van der Waals surface area contributed by atoms with Crippen molar-refractivity contribution in [3.05, 3.63) is 77.2 Å². The number of anilines is 2. The van der Waals surface area contributed by atoms with E-state index in [1.165, 1.54) is 25.3 Å². The molecular weight excluding hydrogens is 900 g/mol. The summed E-state index contributed by atoms with van der Waals surface area (Å²) in [6.07, 6.45) is 16.3. The summed E-state index contributed by atoms with van der Waals surface area (Å²) >= 11 is 0. The van der Waals surface area contributed by atoms with Crippen LogP contribution in [0.3, 0.4) is 0 Å². The van der Waals surface area contributed by atoms with Gasteiger partial charge in [0.15, 0.2) is 5.82 Å². The van der Waals surface area contributed by atoms with Crippen molar-refractivity contribution >= 4 is 50.9 Å². The molecule has 16 heteroatoms. The Morgan fingerprint density at radius 2 is 1.72 bits per heavy atom. The summed E-state index contributed by atoms with van der Waals surface area (Å²) in [7, 11) is 0. The zero-order chi connectivity index (χ0) is 48.2. The fourth-order valence-corrected chi connectivity index (χ4v) is 13.5. The maximum atomic E-state index is 17.2. The molecule has 5 saturated heterocycles. The highest BCUT2D eigenvalue weighted by Gasteiger charge is 2.52. The van der Waals surface area contributed by atoms with Crippen molar-refractivity contribution in [1.82, 2.24) is 40.3 Å². The second-order valence-corrected chi connectivity index (χ2v) is 22.1. The number of carbonyl (C=O) groups is 3. The van der Waals surface area contributed by atoms with Crippen LogP contribution in [0.4, 0.5) is 15.9 Å². The first-order chi connectivity index (χ1) is 34.5. The summed E-state index contributed by atoms with van der Waals surface area (Å²) in [5.74, 6) is 2.66. The number of carbonyl (C=O) groups excluding carboxylic acids is 3. The zero-order valence-corrected chi connectivity index (χ0v) is 40.0. The average molecular weight is 959 g/mol. The Kier molecular flexibility index (Phi) is 10.7. The standard InChI is InChI=1S/C55H59FN10O5/c1-2-34-4-3-5-35-21-40(67)22-42(46(34)35)48-47(56)49-43(25-57-48)50(65-28-37-6-7-38(29-65)58-37)61-53(60-49)71-32-54(12-13-54)30-63-15-14-55(31-63)23-33(24-55)26-62-16-18-64(19-17-62)39-8-9-41-36(20-39)27-66(52(41)70)44-10-11-45(68)59-51(44)69/h1,3-5,8-9,20-22,25,33,37-38,44,58,67H,6-7,10-19,23-24,26-32H2,(H,59,68,69)/t33?,37?,38?,44-,55?/m0/s1. The number of nitrogens with one attached hydrogen (secondary N) is 2. The number of ether oxygens (including phenoxy) is 1. The van der Waals surface area contributed by atoms with Gasteiger partial charge in [-0.15, -0.1) is 6.42 Å². The summed E-state index contributed by atoms with van der Waals surface area (Å²) < 4.78 is 23.7. The fourth-order valence-electron chi connectivity index (χ4n) is 13.5. The molecule has 2 saturated carbocycles. The van der Waals surface area contributed by atoms with Gasteiger partial charge in [-0.1, -0.05) is 18.1 Å². The minimum Gasteiger partial charge on any atom is -0.508 e. The number of aromatic nitrogens is 3. The van der Waals surface area contributed by atoms with E-state index in [0.29, 0.717) is 81.7 Å². The van der Waals surface area contributed by atoms with Crippen LogP contribution in [0.2, 0.25) is 0 Å². The summed E-state index contributed by atoms with van der Waals surface area (Å²) in [5, 5.41) is 18.7. The number of nitrogens with zero attached hydrogens (tertiary/aromatic N) is 8. The second-order valence-electron chi connectivity index (χ2n) is 22.1. The minimum absolute atomic E-state index is 0.00720. The maximum Gasteiger partial charge on any atom is 0.319 e. The predicted octanol–water partition coefficient (Wildman–Crippen LogP) is 5.46. The number of imide groups is 1. The summed E-state index contributed by atoms with van der Waals surface area (Å²) in [4.78, 5) is 63.5. The summed E-state index contributed by atoms with van der Waals surface area (Å²) in [6.45, 7) is 10.5. The molecule has 71 heavy (non-hydrogen) atoms. The van der Waals surface area contributed by atoms with Crippen molar-refractivity contribution in [2.24, 2.45) is 16.7 Å². The lowest BCUT2D eigenvalue weighted by Gasteiger charge is -2.48. The van der Waals surface area contributed by atoms with Gasteiger partial charge in [-0.25, -0.2) is 4.39 Å². The molecule has 15 nitrogen and oxygen atoms in total. The van der Waals surface area contributed by atoms with E-state index in [0.717, 1.165) is 102 Å². The predicted molar refractivity (Wildman–Crippen MR) is 267 cm³/mol. The van der Waals surface area contributed by atoms with Crippen LogP contribution in [-0.4, -0.2) is 143 Å². The van der Waals surface area contributed by atoms with E-state index in [2.05, 4.69) is 47.2 Å². The van der Waals surface area contributed by atoms with E-state index in [9.17, 15) is 19.5 Å². The van der Waals surface area contributed by atoms with Crippen molar-refractivity contribution < 1.29 is 28.6 Å². The van der Waals surface area contributed by atoms with E-state index in [1.807, 2.05) is 30.3 Å². The number of phenolic OH excluding ortho intramolecular Hbond substituents is 1. The van der Waals surface area contributed by atoms with Crippen LogP contribution in [0, 0.1) is 34.9 Å². The Morgan fingerprint density at radius 3 is 2.49 bits per heavy atom. The monoisotopic (exact) mass is 958 g/mol. The number of aromatic hydroxyl groups is 1. The molecule has 3 atom stereocenters. The van der Waals surface area contributed by atoms with Gasteiger partial charge in [0.1, 0.15) is 28.8 Å². The van der Waals surface area contributed by atoms with Crippen LogP contribution in [0.1, 0.15) is 79.3 Å². The van der Waals surface area contributed by atoms with Crippen molar-refractivity contribution in [3.8, 4) is 35.4 Å². The van der Waals surface area contributed by atoms with Crippen LogP contribution in [0.5, 0.6) is 11.8 Å². The Bertz CT molecular complexity index is 3060. The van der Waals surface area contributed by atoms with Gasteiger partial charge in [-0.3, -0.25) is 29.6 Å². The van der Waals surface area contributed by atoms with Crippen LogP contribution in [0.15, 0.2) is 54.7 Å². The number of pyridine rings is 1. The van der Waals surface area contributed by atoms with Gasteiger partial charge in [0.2, 0.25) is 11.8 Å². The fraction of sp³-hybridized carbons (Fsp3) is 0.491. The van der Waals surface area contributed by atoms with Crippen molar-refractivity contribution in [2.75, 3.05) is 81.9 Å². The molecular formula is C55H59FN10O5. The molecule has 7 fully saturated rings. The molecule has 2 aromatic heterocycles. The van der Waals surface area contributed by atoms with Crippen LogP contribution >= 0.6 is 0 Å². The van der Waals surface area contributed by atoms with E-state index >= 15 is 4.39 Å². The first-order valence-corrected chi connectivity index (χ1v) is 25.7. The molecule has 5 aromatic rings. The highest BCUT2D eigenvalue weighted by atomic mass is 19.1. The lowest BCUT2D eigenvalue weighted by Crippen LogP contribution is -2.52. The number of hydrogen-bond acceptors (Lipinski definition) is 13. The molecule has 8 aliphatic rings. The van der Waals surface area contributed by atoms with Crippen molar-refractivity contribution in [1.29, 1.82) is 0 Å². The quantitative estimate of drug-likeness (QED) is 0.113. The SMILES string of the molecule is C#Cc1cccc2cc(O)cc(-c3ncc4c(N5CC6CCC(C5)N6)nc(OCC5(CN6CCC7(CC(CN8CCN(c9ccc%10c(c9)CN([C@H]9CCC(=O)NC9=O)C%10=O)CC8)C7)C6)CC5)nc4c3F)c12. The van der Waals surface area contributed by atoms with Crippen molar-refractivity contribution in [2.45, 2.75) is 82.5 Å². The van der Waals surface area contributed by atoms with Gasteiger partial charge >= 0.3 is 6.01 Å². The average Bonchev–Trinajstić information content (AvgIpc) is 3.68. The number of phenols is 1. The lowest BCUT2D eigenvalue weighted by atomic mass is 9.61. The molecule has 0 radical (unpaired) electrons. The maximum absolute atomic E-state index is 17.2. The van der Waals surface area contributed by atoms with E-state index in [1.54, 1.807) is 17.2 Å². The van der Waals surface area contributed by atoms with E-state index < -0.39 is 11.9 Å². The van der Waals surface area contributed by atoms with Gasteiger partial charge in [0.05, 0.1) is 12.0 Å². The van der Waals surface area contributed by atoms with Gasteiger partial charge in [0.25, 0.3) is 5.91 Å². The smallest absolute Gasteiger partial charge is 0.319 e. The number of rotatable bonds is 11. The zero-order valence-electron chi connectivity index (χ0n) is 40.0. The molecule has 3 aromatic carbocycles. The van der Waals surface area contributed by atoms with Crippen molar-refractivity contribution in [3.63, 3.8) is 0 Å². The second kappa shape index (κ2) is 17.1.